The molecule has 0 aliphatic carbocycles. The summed E-state index contributed by atoms with van der Waals surface area (Å²) in [5.41, 5.74) is 0.772. The molecule has 0 aromatic heterocycles. The van der Waals surface area contributed by atoms with Crippen LogP contribution in [0.25, 0.3) is 0 Å². The summed E-state index contributed by atoms with van der Waals surface area (Å²) in [5.74, 6) is 0.254. The predicted molar refractivity (Wildman–Crippen MR) is 81.5 cm³/mol. The number of carbonyl (C=O) groups excluding carboxylic acids is 1. The summed E-state index contributed by atoms with van der Waals surface area (Å²) >= 11 is 9.81. The standard InChI is InChI=1S/C11H13BrN2OS2/c1-14(2)11(16)17-7-10(15)13-9-6-4-3-5-8(9)12/h3-6H,7H2,1-2H3,(H,13,15). The second-order valence-corrected chi connectivity index (χ2v) is 5.94. The maximum atomic E-state index is 11.7. The Hall–Kier alpha value is -0.590. The van der Waals surface area contributed by atoms with Gasteiger partial charge in [0.1, 0.15) is 4.32 Å². The molecule has 17 heavy (non-hydrogen) atoms. The minimum atomic E-state index is -0.0638. The van der Waals surface area contributed by atoms with Crippen molar-refractivity contribution >= 4 is 55.8 Å². The van der Waals surface area contributed by atoms with Crippen LogP contribution in [0.15, 0.2) is 28.7 Å². The molecule has 92 valence electrons. The van der Waals surface area contributed by atoms with E-state index in [0.29, 0.717) is 10.1 Å². The van der Waals surface area contributed by atoms with Crippen LogP contribution in [0.4, 0.5) is 5.69 Å². The summed E-state index contributed by atoms with van der Waals surface area (Å²) in [6.07, 6.45) is 0. The van der Waals surface area contributed by atoms with Crippen molar-refractivity contribution in [2.24, 2.45) is 0 Å². The third-order valence-corrected chi connectivity index (χ3v) is 4.27. The van der Waals surface area contributed by atoms with Gasteiger partial charge in [-0.2, -0.15) is 0 Å². The second-order valence-electron chi connectivity index (χ2n) is 3.48. The van der Waals surface area contributed by atoms with Gasteiger partial charge in [-0.05, 0) is 28.1 Å². The van der Waals surface area contributed by atoms with E-state index < -0.39 is 0 Å². The number of halogens is 1. The molecule has 1 aromatic carbocycles. The van der Waals surface area contributed by atoms with E-state index in [4.69, 9.17) is 12.2 Å². The quantitative estimate of drug-likeness (QED) is 0.862. The van der Waals surface area contributed by atoms with Crippen LogP contribution in [-0.4, -0.2) is 35.0 Å². The largest absolute Gasteiger partial charge is 0.364 e. The highest BCUT2D eigenvalue weighted by Gasteiger charge is 2.07. The van der Waals surface area contributed by atoms with Crippen molar-refractivity contribution in [3.8, 4) is 0 Å². The highest BCUT2D eigenvalue weighted by atomic mass is 79.9. The number of carbonyl (C=O) groups is 1. The molecule has 1 aromatic rings. The Morgan fingerprint density at radius 2 is 2.12 bits per heavy atom. The molecule has 0 aliphatic rings. The third-order valence-electron chi connectivity index (χ3n) is 1.84. The van der Waals surface area contributed by atoms with E-state index in [1.54, 1.807) is 0 Å². The zero-order valence-electron chi connectivity index (χ0n) is 9.57. The van der Waals surface area contributed by atoms with Crippen molar-refractivity contribution in [1.29, 1.82) is 0 Å². The number of amides is 1. The molecule has 0 fully saturated rings. The number of nitrogens with zero attached hydrogens (tertiary/aromatic N) is 1. The molecule has 0 heterocycles. The first-order valence-electron chi connectivity index (χ1n) is 4.89. The van der Waals surface area contributed by atoms with Crippen LogP contribution in [-0.2, 0) is 4.79 Å². The van der Waals surface area contributed by atoms with E-state index in [1.165, 1.54) is 11.8 Å². The van der Waals surface area contributed by atoms with Gasteiger partial charge in [-0.3, -0.25) is 4.79 Å². The molecule has 0 aliphatic heterocycles. The van der Waals surface area contributed by atoms with E-state index in [9.17, 15) is 4.79 Å². The fourth-order valence-corrected chi connectivity index (χ4v) is 2.15. The molecule has 0 radical (unpaired) electrons. The number of nitrogens with one attached hydrogen (secondary N) is 1. The fraction of sp³-hybridized carbons (Fsp3) is 0.273. The van der Waals surface area contributed by atoms with Crippen molar-refractivity contribution < 1.29 is 4.79 Å². The Morgan fingerprint density at radius 1 is 1.47 bits per heavy atom. The van der Waals surface area contributed by atoms with E-state index in [0.717, 1.165) is 10.2 Å². The van der Waals surface area contributed by atoms with Gasteiger partial charge >= 0.3 is 0 Å². The van der Waals surface area contributed by atoms with Crippen molar-refractivity contribution in [2.75, 3.05) is 25.2 Å². The summed E-state index contributed by atoms with van der Waals surface area (Å²) in [5, 5.41) is 2.82. The van der Waals surface area contributed by atoms with Crippen LogP contribution >= 0.6 is 39.9 Å². The zero-order valence-corrected chi connectivity index (χ0v) is 12.8. The smallest absolute Gasteiger partial charge is 0.234 e. The molecule has 1 rings (SSSR count). The van der Waals surface area contributed by atoms with Gasteiger partial charge in [0.2, 0.25) is 5.91 Å². The summed E-state index contributed by atoms with van der Waals surface area (Å²) in [6, 6.07) is 7.50. The molecule has 0 atom stereocenters. The highest BCUT2D eigenvalue weighted by molar-refractivity contribution is 9.10. The first-order valence-corrected chi connectivity index (χ1v) is 7.08. The van der Waals surface area contributed by atoms with E-state index in [1.807, 2.05) is 43.3 Å². The lowest BCUT2D eigenvalue weighted by molar-refractivity contribution is -0.113. The van der Waals surface area contributed by atoms with Gasteiger partial charge < -0.3 is 10.2 Å². The van der Waals surface area contributed by atoms with Crippen LogP contribution in [0.2, 0.25) is 0 Å². The summed E-state index contributed by atoms with van der Waals surface area (Å²) in [6.45, 7) is 0. The molecule has 3 nitrogen and oxygen atoms in total. The third kappa shape index (κ3) is 5.06. The number of thiocarbonyl (C=S) groups is 1. The number of hydrogen-bond acceptors (Lipinski definition) is 3. The molecular formula is C11H13BrN2OS2. The Bertz CT molecular complexity index is 424. The molecule has 0 spiro atoms. The second kappa shape index (κ2) is 6.98. The maximum Gasteiger partial charge on any atom is 0.234 e. The Morgan fingerprint density at radius 3 is 2.71 bits per heavy atom. The minimum Gasteiger partial charge on any atom is -0.364 e. The van der Waals surface area contributed by atoms with Crippen LogP contribution in [0.1, 0.15) is 0 Å². The van der Waals surface area contributed by atoms with Gasteiger partial charge in [-0.1, -0.05) is 36.1 Å². The van der Waals surface area contributed by atoms with Crippen LogP contribution in [0, 0.1) is 0 Å². The number of rotatable bonds is 3. The molecule has 0 saturated heterocycles. The summed E-state index contributed by atoms with van der Waals surface area (Å²) < 4.78 is 1.57. The Kier molecular flexibility index (Phi) is 5.94. The normalized spacial score (nSPS) is 9.82. The lowest BCUT2D eigenvalue weighted by Crippen LogP contribution is -2.20. The van der Waals surface area contributed by atoms with Gasteiger partial charge in [0.05, 0.1) is 11.4 Å². The number of thioether (sulfide) groups is 1. The van der Waals surface area contributed by atoms with Crippen LogP contribution in [0.3, 0.4) is 0 Å². The lowest BCUT2D eigenvalue weighted by atomic mass is 10.3. The Balaban J connectivity index is 2.46. The Labute approximate surface area is 119 Å². The molecular weight excluding hydrogens is 320 g/mol. The zero-order chi connectivity index (χ0) is 12.8. The molecule has 0 saturated carbocycles. The SMILES string of the molecule is CN(C)C(=S)SCC(=O)Nc1ccccc1Br. The average Bonchev–Trinajstić information content (AvgIpc) is 2.29. The number of benzene rings is 1. The minimum absolute atomic E-state index is 0.0638. The monoisotopic (exact) mass is 332 g/mol. The van der Waals surface area contributed by atoms with Gasteiger partial charge in [-0.15, -0.1) is 0 Å². The van der Waals surface area contributed by atoms with Crippen LogP contribution < -0.4 is 5.32 Å². The summed E-state index contributed by atoms with van der Waals surface area (Å²) in [4.78, 5) is 13.5. The molecule has 0 unspecified atom stereocenters. The molecule has 0 bridgehead atoms. The van der Waals surface area contributed by atoms with E-state index >= 15 is 0 Å². The number of hydrogen-bond donors (Lipinski definition) is 1. The van der Waals surface area contributed by atoms with Gasteiger partial charge in [0.25, 0.3) is 0 Å². The van der Waals surface area contributed by atoms with Crippen molar-refractivity contribution in [3.05, 3.63) is 28.7 Å². The van der Waals surface area contributed by atoms with Crippen molar-refractivity contribution in [1.82, 2.24) is 4.90 Å². The summed E-state index contributed by atoms with van der Waals surface area (Å²) in [7, 11) is 3.72. The average molecular weight is 333 g/mol. The maximum absolute atomic E-state index is 11.7. The first kappa shape index (κ1) is 14.5. The van der Waals surface area contributed by atoms with Gasteiger partial charge in [0.15, 0.2) is 0 Å². The van der Waals surface area contributed by atoms with Gasteiger partial charge in [0, 0.05) is 18.6 Å². The van der Waals surface area contributed by atoms with Gasteiger partial charge in [-0.25, -0.2) is 0 Å². The topological polar surface area (TPSA) is 32.3 Å². The first-order chi connectivity index (χ1) is 8.00. The fourth-order valence-electron chi connectivity index (χ4n) is 1.01. The predicted octanol–water partition coefficient (Wildman–Crippen LogP) is 2.97. The number of anilines is 1. The highest BCUT2D eigenvalue weighted by Crippen LogP contribution is 2.21. The lowest BCUT2D eigenvalue weighted by Gasteiger charge is -2.12. The molecule has 1 amide bonds. The molecule has 1 N–H and O–H groups in total. The van der Waals surface area contributed by atoms with E-state index in [-0.39, 0.29) is 5.91 Å². The van der Waals surface area contributed by atoms with Crippen molar-refractivity contribution in [2.45, 2.75) is 0 Å². The van der Waals surface area contributed by atoms with Crippen LogP contribution in [0.5, 0.6) is 0 Å². The van der Waals surface area contributed by atoms with Crippen molar-refractivity contribution in [3.63, 3.8) is 0 Å². The number of para-hydroxylation sites is 1. The molecule has 6 heteroatoms. The van der Waals surface area contributed by atoms with E-state index in [2.05, 4.69) is 21.2 Å².